The highest BCUT2D eigenvalue weighted by Crippen LogP contribution is 2.36. The van der Waals surface area contributed by atoms with Crippen LogP contribution in [-0.2, 0) is 0 Å². The molecule has 0 amide bonds. The van der Waals surface area contributed by atoms with E-state index < -0.39 is 75.2 Å². The second-order valence-corrected chi connectivity index (χ2v) is 4.44. The SMILES string of the molecule is [CH]C(c1c(F)c(F)c(F)c(F)c1F)c1c(F)c(F)c(F)c(F)c1F. The van der Waals surface area contributed by atoms with E-state index in [0.717, 1.165) is 0 Å². The summed E-state index contributed by atoms with van der Waals surface area (Å²) in [5, 5.41) is 0. The van der Waals surface area contributed by atoms with Crippen molar-refractivity contribution in [1.82, 2.24) is 0 Å². The van der Waals surface area contributed by atoms with Gasteiger partial charge in [0.2, 0.25) is 11.6 Å². The summed E-state index contributed by atoms with van der Waals surface area (Å²) in [5.74, 6) is -28.3. The molecule has 2 aromatic carbocycles. The van der Waals surface area contributed by atoms with E-state index in [1.165, 1.54) is 0 Å². The number of halogens is 10. The maximum absolute atomic E-state index is 13.6. The van der Waals surface area contributed by atoms with E-state index in [1.807, 2.05) is 0 Å². The van der Waals surface area contributed by atoms with Gasteiger partial charge in [0.05, 0.1) is 0 Å². The molecule has 2 rings (SSSR count). The van der Waals surface area contributed by atoms with E-state index >= 15 is 0 Å². The minimum atomic E-state index is -2.86. The van der Waals surface area contributed by atoms with Crippen molar-refractivity contribution in [3.05, 3.63) is 76.2 Å². The number of rotatable bonds is 2. The van der Waals surface area contributed by atoms with Crippen molar-refractivity contribution in [1.29, 1.82) is 0 Å². The first-order valence-electron chi connectivity index (χ1n) is 5.80. The summed E-state index contributed by atoms with van der Waals surface area (Å²) in [6.45, 7) is 5.02. The van der Waals surface area contributed by atoms with Gasteiger partial charge in [0.1, 0.15) is 0 Å². The van der Waals surface area contributed by atoms with E-state index in [0.29, 0.717) is 0 Å². The van der Waals surface area contributed by atoms with Crippen LogP contribution in [0.4, 0.5) is 43.9 Å². The predicted molar refractivity (Wildman–Crippen MR) is 58.6 cm³/mol. The molecule has 0 saturated heterocycles. The van der Waals surface area contributed by atoms with Crippen LogP contribution in [0.5, 0.6) is 0 Å². The van der Waals surface area contributed by atoms with Crippen LogP contribution in [0.3, 0.4) is 0 Å². The fourth-order valence-corrected chi connectivity index (χ4v) is 1.93. The Morgan fingerprint density at radius 1 is 0.375 bits per heavy atom. The monoisotopic (exact) mass is 360 g/mol. The van der Waals surface area contributed by atoms with E-state index in [1.54, 1.807) is 0 Å². The molecule has 0 fully saturated rings. The number of hydrogen-bond acceptors (Lipinski definition) is 0. The lowest BCUT2D eigenvalue weighted by molar-refractivity contribution is 0.358. The van der Waals surface area contributed by atoms with Gasteiger partial charge in [-0.25, -0.2) is 43.9 Å². The third kappa shape index (κ3) is 2.40. The summed E-state index contributed by atoms with van der Waals surface area (Å²) in [4.78, 5) is 0. The fourth-order valence-electron chi connectivity index (χ4n) is 1.93. The number of benzene rings is 2. The molecule has 0 nitrogen and oxygen atoms in total. The lowest BCUT2D eigenvalue weighted by Gasteiger charge is -2.17. The molecule has 0 saturated carbocycles. The Balaban J connectivity index is 2.84. The zero-order chi connectivity index (χ0) is 18.5. The largest absolute Gasteiger partial charge is 0.203 e. The molecule has 128 valence electrons. The van der Waals surface area contributed by atoms with Gasteiger partial charge < -0.3 is 0 Å². The third-order valence-corrected chi connectivity index (χ3v) is 3.11. The summed E-state index contributed by atoms with van der Waals surface area (Å²) >= 11 is 0. The van der Waals surface area contributed by atoms with Crippen LogP contribution in [0.2, 0.25) is 0 Å². The number of hydrogen-bond donors (Lipinski definition) is 0. The fraction of sp³-hybridized carbons (Fsp3) is 0.0714. The normalized spacial score (nSPS) is 11.5. The first-order valence-corrected chi connectivity index (χ1v) is 5.80. The Morgan fingerprint density at radius 3 is 0.750 bits per heavy atom. The van der Waals surface area contributed by atoms with Crippen LogP contribution in [0.25, 0.3) is 0 Å². The molecule has 0 aromatic heterocycles. The van der Waals surface area contributed by atoms with Gasteiger partial charge in [0, 0.05) is 17.0 Å². The maximum atomic E-state index is 13.6. The highest BCUT2D eigenvalue weighted by atomic mass is 19.2. The third-order valence-electron chi connectivity index (χ3n) is 3.11. The molecule has 0 heterocycles. The summed E-state index contributed by atoms with van der Waals surface area (Å²) in [6.07, 6.45) is 0. The molecule has 0 aliphatic heterocycles. The van der Waals surface area contributed by atoms with Crippen LogP contribution < -0.4 is 0 Å². The van der Waals surface area contributed by atoms with E-state index in [2.05, 4.69) is 0 Å². The Kier molecular flexibility index (Phi) is 4.51. The lowest BCUT2D eigenvalue weighted by atomic mass is 9.90. The first kappa shape index (κ1) is 18.1. The van der Waals surface area contributed by atoms with Crippen molar-refractivity contribution in [3.63, 3.8) is 0 Å². The Bertz CT molecular complexity index is 715. The van der Waals surface area contributed by atoms with Crippen molar-refractivity contribution >= 4 is 0 Å². The molecule has 2 radical (unpaired) electrons. The highest BCUT2D eigenvalue weighted by Gasteiger charge is 2.35. The summed E-state index contributed by atoms with van der Waals surface area (Å²) in [5.41, 5.74) is -3.90. The molecule has 10 heteroatoms. The van der Waals surface area contributed by atoms with Gasteiger partial charge >= 0.3 is 0 Å². The van der Waals surface area contributed by atoms with Gasteiger partial charge in [-0.15, -0.1) is 0 Å². The van der Waals surface area contributed by atoms with Crippen molar-refractivity contribution in [2.45, 2.75) is 5.92 Å². The summed E-state index contributed by atoms with van der Waals surface area (Å²) in [6, 6.07) is 0. The van der Waals surface area contributed by atoms with Crippen molar-refractivity contribution in [2.75, 3.05) is 0 Å². The van der Waals surface area contributed by atoms with Crippen LogP contribution in [0.1, 0.15) is 17.0 Å². The zero-order valence-electron chi connectivity index (χ0n) is 10.9. The molecular formula is C14H2F10. The molecule has 0 spiro atoms. The highest BCUT2D eigenvalue weighted by molar-refractivity contribution is 5.39. The molecule has 0 unspecified atom stereocenters. The molecule has 0 bridgehead atoms. The van der Waals surface area contributed by atoms with Crippen molar-refractivity contribution < 1.29 is 43.9 Å². The van der Waals surface area contributed by atoms with Crippen LogP contribution in [-0.4, -0.2) is 0 Å². The van der Waals surface area contributed by atoms with Gasteiger partial charge in [0.25, 0.3) is 0 Å². The maximum Gasteiger partial charge on any atom is 0.200 e. The van der Waals surface area contributed by atoms with Gasteiger partial charge in [-0.1, -0.05) is 0 Å². The standard InChI is InChI=1S/C14H2F10/c1-2(3-5(15)9(19)13(23)10(20)6(3)16)4-7(17)11(21)14(24)12(22)8(4)18/h1-2H. The predicted octanol–water partition coefficient (Wildman–Crippen LogP) is 4.92. The zero-order valence-corrected chi connectivity index (χ0v) is 10.9. The Morgan fingerprint density at radius 2 is 0.542 bits per heavy atom. The lowest BCUT2D eigenvalue weighted by Crippen LogP contribution is -2.16. The van der Waals surface area contributed by atoms with Crippen LogP contribution in [0, 0.1) is 65.1 Å². The van der Waals surface area contributed by atoms with E-state index in [4.69, 9.17) is 6.92 Å². The topological polar surface area (TPSA) is 0 Å². The van der Waals surface area contributed by atoms with Gasteiger partial charge in [-0.3, -0.25) is 0 Å². The van der Waals surface area contributed by atoms with Gasteiger partial charge in [-0.2, -0.15) is 0 Å². The minimum absolute atomic E-state index is 1.95. The Labute approximate surface area is 127 Å². The molecule has 24 heavy (non-hydrogen) atoms. The quantitative estimate of drug-likeness (QED) is 0.405. The van der Waals surface area contributed by atoms with Crippen molar-refractivity contribution in [2.24, 2.45) is 0 Å². The molecule has 0 aliphatic carbocycles. The summed E-state index contributed by atoms with van der Waals surface area (Å²) in [7, 11) is 0. The molecule has 2 aromatic rings. The first-order chi connectivity index (χ1) is 11.0. The molecule has 0 N–H and O–H groups in total. The molecular weight excluding hydrogens is 358 g/mol. The smallest absolute Gasteiger partial charge is 0.200 e. The van der Waals surface area contributed by atoms with E-state index in [-0.39, 0.29) is 0 Å². The van der Waals surface area contributed by atoms with E-state index in [9.17, 15) is 43.9 Å². The van der Waals surface area contributed by atoms with Crippen LogP contribution >= 0.6 is 0 Å². The summed E-state index contributed by atoms with van der Waals surface area (Å²) < 4.78 is 132. The second-order valence-electron chi connectivity index (χ2n) is 4.44. The second kappa shape index (κ2) is 5.99. The van der Waals surface area contributed by atoms with Gasteiger partial charge in [0.15, 0.2) is 46.5 Å². The average molecular weight is 360 g/mol. The molecule has 0 aliphatic rings. The average Bonchev–Trinajstić information content (AvgIpc) is 2.55. The Hall–Kier alpha value is -2.26. The van der Waals surface area contributed by atoms with Gasteiger partial charge in [-0.05, 0) is 6.92 Å². The minimum Gasteiger partial charge on any atom is -0.203 e. The molecule has 0 atom stereocenters. The van der Waals surface area contributed by atoms with Crippen LogP contribution in [0.15, 0.2) is 0 Å². The van der Waals surface area contributed by atoms with Crippen molar-refractivity contribution in [3.8, 4) is 0 Å².